The number of phenols is 1. The van der Waals surface area contributed by atoms with E-state index in [1.807, 2.05) is 30.3 Å². The fraction of sp³-hybridized carbons (Fsp3) is 0.379. The summed E-state index contributed by atoms with van der Waals surface area (Å²) in [6, 6.07) is 13.4. The third-order valence-electron chi connectivity index (χ3n) is 8.23. The van der Waals surface area contributed by atoms with Crippen molar-refractivity contribution in [3.63, 3.8) is 0 Å². The van der Waals surface area contributed by atoms with Crippen LogP contribution in [-0.4, -0.2) is 66.4 Å². The Morgan fingerprint density at radius 1 is 1.03 bits per heavy atom. The van der Waals surface area contributed by atoms with E-state index in [1.165, 1.54) is 0 Å². The lowest BCUT2D eigenvalue weighted by Gasteiger charge is -2.39. The number of hydrogen-bond acceptors (Lipinski definition) is 7. The Labute approximate surface area is 225 Å². The predicted octanol–water partition coefficient (Wildman–Crippen LogP) is 4.69. The quantitative estimate of drug-likeness (QED) is 0.353. The van der Waals surface area contributed by atoms with Crippen molar-refractivity contribution in [3.05, 3.63) is 53.3 Å². The number of rotatable bonds is 3. The maximum atomic E-state index is 16.7. The van der Waals surface area contributed by atoms with Gasteiger partial charge in [-0.05, 0) is 53.8 Å². The minimum Gasteiger partial charge on any atom is -0.508 e. The van der Waals surface area contributed by atoms with Crippen LogP contribution in [0, 0.1) is 5.82 Å². The van der Waals surface area contributed by atoms with Crippen molar-refractivity contribution in [2.24, 2.45) is 0 Å². The van der Waals surface area contributed by atoms with Gasteiger partial charge in [0.2, 0.25) is 5.95 Å². The molecule has 9 heteroatoms. The highest BCUT2D eigenvalue weighted by molar-refractivity contribution is 6.35. The molecule has 2 unspecified atom stereocenters. The maximum Gasteiger partial charge on any atom is 0.228 e. The van der Waals surface area contributed by atoms with Crippen LogP contribution < -0.4 is 20.4 Å². The van der Waals surface area contributed by atoms with E-state index in [-0.39, 0.29) is 21.9 Å². The SMILES string of the molecule is Oc1cc(-c2c(Cl)cc3c(N4CC5CCCC4CN5)nc(N4CCNCC4)nc3c2F)c2ccccc2c1. The molecular formula is C29H30ClFN6O. The molecule has 2 bridgehead atoms. The minimum atomic E-state index is -0.485. The van der Waals surface area contributed by atoms with E-state index in [2.05, 4.69) is 20.4 Å². The fourth-order valence-corrected chi connectivity index (χ4v) is 6.61. The number of aromatic nitrogens is 2. The smallest absolute Gasteiger partial charge is 0.228 e. The van der Waals surface area contributed by atoms with Gasteiger partial charge in [-0.1, -0.05) is 35.9 Å². The Balaban J connectivity index is 1.48. The normalized spacial score (nSPS) is 21.8. The summed E-state index contributed by atoms with van der Waals surface area (Å²) in [5, 5.41) is 20.0. The number of hydrogen-bond donors (Lipinski definition) is 3. The number of halogens is 2. The van der Waals surface area contributed by atoms with E-state index in [0.29, 0.717) is 29.0 Å². The lowest BCUT2D eigenvalue weighted by atomic mass is 9.96. The molecule has 4 aromatic rings. The van der Waals surface area contributed by atoms with Crippen molar-refractivity contribution in [1.82, 2.24) is 20.6 Å². The van der Waals surface area contributed by atoms with Crippen LogP contribution in [0.25, 0.3) is 32.8 Å². The number of benzene rings is 3. The van der Waals surface area contributed by atoms with E-state index in [1.54, 1.807) is 12.1 Å². The van der Waals surface area contributed by atoms with Crippen LogP contribution in [0.1, 0.15) is 19.3 Å². The number of nitrogens with zero attached hydrogens (tertiary/aromatic N) is 4. The molecule has 0 aliphatic carbocycles. The highest BCUT2D eigenvalue weighted by Crippen LogP contribution is 2.43. The molecular weight excluding hydrogens is 503 g/mol. The maximum absolute atomic E-state index is 16.7. The molecule has 196 valence electrons. The van der Waals surface area contributed by atoms with Crippen LogP contribution in [0.15, 0.2) is 42.5 Å². The van der Waals surface area contributed by atoms with Gasteiger partial charge < -0.3 is 25.5 Å². The topological polar surface area (TPSA) is 76.6 Å². The van der Waals surface area contributed by atoms with Crippen molar-refractivity contribution in [3.8, 4) is 16.9 Å². The van der Waals surface area contributed by atoms with Crippen LogP contribution in [0.3, 0.4) is 0 Å². The Morgan fingerprint density at radius 2 is 1.87 bits per heavy atom. The molecule has 4 aliphatic rings. The van der Waals surface area contributed by atoms with Crippen molar-refractivity contribution >= 4 is 45.0 Å². The highest BCUT2D eigenvalue weighted by atomic mass is 35.5. The monoisotopic (exact) mass is 532 g/mol. The van der Waals surface area contributed by atoms with Gasteiger partial charge in [-0.25, -0.2) is 9.37 Å². The number of fused-ring (bicyclic) bond motifs is 6. The molecule has 8 rings (SSSR count). The summed E-state index contributed by atoms with van der Waals surface area (Å²) in [5.74, 6) is 0.888. The van der Waals surface area contributed by atoms with E-state index < -0.39 is 5.82 Å². The highest BCUT2D eigenvalue weighted by Gasteiger charge is 2.34. The molecule has 2 atom stereocenters. The third kappa shape index (κ3) is 4.02. The van der Waals surface area contributed by atoms with Crippen LogP contribution in [0.2, 0.25) is 5.02 Å². The molecule has 0 radical (unpaired) electrons. The number of anilines is 2. The van der Waals surface area contributed by atoms with Crippen LogP contribution >= 0.6 is 11.6 Å². The van der Waals surface area contributed by atoms with Crippen molar-refractivity contribution < 1.29 is 9.50 Å². The summed E-state index contributed by atoms with van der Waals surface area (Å²) >= 11 is 6.88. The second kappa shape index (κ2) is 9.52. The molecule has 4 saturated heterocycles. The summed E-state index contributed by atoms with van der Waals surface area (Å²) in [4.78, 5) is 14.4. The number of piperazine rings is 2. The second-order valence-corrected chi connectivity index (χ2v) is 11.0. The van der Waals surface area contributed by atoms with Gasteiger partial charge in [0, 0.05) is 62.3 Å². The standard InChI is InChI=1S/C29H30ClFN6O/c30-24-14-23-27(26(31)25(24)22-13-20(38)12-17-4-1-2-7-21(17)22)34-29(36-10-8-32-9-11-36)35-28(23)37-16-18-5-3-6-19(37)15-33-18/h1-2,4,7,12-14,18-19,32-33,38H,3,5-6,8-11,15-16H2. The van der Waals surface area contributed by atoms with E-state index in [0.717, 1.165) is 75.1 Å². The molecule has 0 spiro atoms. The fourth-order valence-electron chi connectivity index (χ4n) is 6.32. The van der Waals surface area contributed by atoms with E-state index >= 15 is 4.39 Å². The number of nitrogens with one attached hydrogen (secondary N) is 2. The molecule has 0 saturated carbocycles. The van der Waals surface area contributed by atoms with Crippen molar-refractivity contribution in [1.29, 1.82) is 0 Å². The van der Waals surface area contributed by atoms with Gasteiger partial charge in [0.15, 0.2) is 5.82 Å². The first kappa shape index (κ1) is 23.9. The summed E-state index contributed by atoms with van der Waals surface area (Å²) in [5.41, 5.74) is 1.07. The van der Waals surface area contributed by atoms with Gasteiger partial charge in [0.05, 0.1) is 5.02 Å². The zero-order valence-electron chi connectivity index (χ0n) is 21.1. The van der Waals surface area contributed by atoms with Crippen molar-refractivity contribution in [2.45, 2.75) is 31.3 Å². The zero-order chi connectivity index (χ0) is 25.8. The molecule has 3 N–H and O–H groups in total. The summed E-state index contributed by atoms with van der Waals surface area (Å²) in [7, 11) is 0. The second-order valence-electron chi connectivity index (χ2n) is 10.6. The van der Waals surface area contributed by atoms with E-state index in [9.17, 15) is 5.11 Å². The molecule has 5 heterocycles. The van der Waals surface area contributed by atoms with Crippen molar-refractivity contribution in [2.75, 3.05) is 49.1 Å². The first-order valence-electron chi connectivity index (χ1n) is 13.4. The largest absolute Gasteiger partial charge is 0.508 e. The van der Waals surface area contributed by atoms with Crippen LogP contribution in [0.4, 0.5) is 16.2 Å². The molecule has 7 nitrogen and oxygen atoms in total. The minimum absolute atomic E-state index is 0.0623. The third-order valence-corrected chi connectivity index (χ3v) is 8.53. The van der Waals surface area contributed by atoms with Gasteiger partial charge in [-0.3, -0.25) is 0 Å². The lowest BCUT2D eigenvalue weighted by Crippen LogP contribution is -2.55. The van der Waals surface area contributed by atoms with Gasteiger partial charge in [0.1, 0.15) is 17.1 Å². The average Bonchev–Trinajstić information content (AvgIpc) is 3.29. The molecule has 38 heavy (non-hydrogen) atoms. The first-order chi connectivity index (χ1) is 18.6. The Bertz CT molecular complexity index is 1540. The van der Waals surface area contributed by atoms with E-state index in [4.69, 9.17) is 21.6 Å². The lowest BCUT2D eigenvalue weighted by molar-refractivity contribution is 0.422. The average molecular weight is 533 g/mol. The van der Waals surface area contributed by atoms with Gasteiger partial charge in [-0.2, -0.15) is 4.98 Å². The molecule has 4 aliphatic heterocycles. The summed E-state index contributed by atoms with van der Waals surface area (Å²) < 4.78 is 16.7. The molecule has 4 fully saturated rings. The molecule has 0 amide bonds. The first-order valence-corrected chi connectivity index (χ1v) is 13.8. The number of aromatic hydroxyl groups is 1. The molecule has 1 aromatic heterocycles. The van der Waals surface area contributed by atoms with Crippen LogP contribution in [-0.2, 0) is 0 Å². The van der Waals surface area contributed by atoms with Crippen LogP contribution in [0.5, 0.6) is 5.75 Å². The predicted molar refractivity (Wildman–Crippen MR) is 151 cm³/mol. The Morgan fingerprint density at radius 3 is 2.74 bits per heavy atom. The van der Waals surface area contributed by atoms with Gasteiger partial charge in [0.25, 0.3) is 0 Å². The van der Waals surface area contributed by atoms with Gasteiger partial charge >= 0.3 is 0 Å². The summed E-state index contributed by atoms with van der Waals surface area (Å²) in [6.45, 7) is 4.91. The Kier molecular flexibility index (Phi) is 5.98. The number of phenolic OH excluding ortho intramolecular Hbond substituents is 1. The molecule has 3 aromatic carbocycles. The van der Waals surface area contributed by atoms with Gasteiger partial charge in [-0.15, -0.1) is 0 Å². The summed E-state index contributed by atoms with van der Waals surface area (Å²) in [6.07, 6.45) is 3.36. The Hall–Kier alpha value is -3.20. The zero-order valence-corrected chi connectivity index (χ0v) is 21.8.